The molecule has 0 aliphatic rings. The Morgan fingerprint density at radius 3 is 2.95 bits per heavy atom. The van der Waals surface area contributed by atoms with Crippen molar-refractivity contribution >= 4 is 5.91 Å². The van der Waals surface area contributed by atoms with E-state index in [-0.39, 0.29) is 12.5 Å². The Labute approximate surface area is 110 Å². The van der Waals surface area contributed by atoms with E-state index in [9.17, 15) is 4.79 Å². The number of aryl methyl sites for hydroxylation is 1. The molecule has 2 heterocycles. The minimum Gasteiger partial charge on any atom is -0.354 e. The first-order valence-corrected chi connectivity index (χ1v) is 6.01. The summed E-state index contributed by atoms with van der Waals surface area (Å²) in [5.41, 5.74) is 7.04. The van der Waals surface area contributed by atoms with Crippen LogP contribution in [0.15, 0.2) is 18.5 Å². The van der Waals surface area contributed by atoms with Crippen molar-refractivity contribution in [2.75, 3.05) is 6.54 Å². The number of carbonyl (C=O) groups excluding carboxylic acids is 1. The number of hydrogen-bond donors (Lipinski definition) is 2. The van der Waals surface area contributed by atoms with Crippen LogP contribution in [0.3, 0.4) is 0 Å². The van der Waals surface area contributed by atoms with E-state index in [2.05, 4.69) is 20.7 Å². The van der Waals surface area contributed by atoms with E-state index in [1.54, 1.807) is 10.9 Å². The van der Waals surface area contributed by atoms with Gasteiger partial charge in [0.2, 0.25) is 5.91 Å². The van der Waals surface area contributed by atoms with E-state index in [0.717, 1.165) is 5.69 Å². The standard InChI is InChI=1S/C11H17N7O/c1-17-5-3-9(15-17)2-4-13-11(19)8-18-7-10(6-12)14-16-18/h3,5,7H,2,4,6,8,12H2,1H3,(H,13,19). The van der Waals surface area contributed by atoms with Crippen molar-refractivity contribution in [3.8, 4) is 0 Å². The first-order chi connectivity index (χ1) is 9.17. The van der Waals surface area contributed by atoms with Crippen molar-refractivity contribution in [2.45, 2.75) is 19.5 Å². The average molecular weight is 263 g/mol. The highest BCUT2D eigenvalue weighted by atomic mass is 16.2. The Morgan fingerprint density at radius 2 is 2.32 bits per heavy atom. The van der Waals surface area contributed by atoms with Gasteiger partial charge in [-0.25, -0.2) is 4.68 Å². The van der Waals surface area contributed by atoms with E-state index in [1.807, 2.05) is 19.3 Å². The van der Waals surface area contributed by atoms with Gasteiger partial charge in [-0.15, -0.1) is 5.10 Å². The number of aromatic nitrogens is 5. The van der Waals surface area contributed by atoms with Crippen LogP contribution in [-0.4, -0.2) is 37.2 Å². The van der Waals surface area contributed by atoms with Crippen LogP contribution in [0, 0.1) is 0 Å². The number of nitrogens with zero attached hydrogens (tertiary/aromatic N) is 5. The monoisotopic (exact) mass is 263 g/mol. The third-order valence-electron chi connectivity index (χ3n) is 2.57. The number of amides is 1. The van der Waals surface area contributed by atoms with Crippen molar-refractivity contribution in [1.29, 1.82) is 0 Å². The van der Waals surface area contributed by atoms with Crippen molar-refractivity contribution < 1.29 is 4.79 Å². The van der Waals surface area contributed by atoms with Gasteiger partial charge in [-0.1, -0.05) is 5.21 Å². The maximum absolute atomic E-state index is 11.6. The molecule has 2 aromatic rings. The fourth-order valence-corrected chi connectivity index (χ4v) is 1.64. The molecule has 0 saturated heterocycles. The van der Waals surface area contributed by atoms with Gasteiger partial charge < -0.3 is 11.1 Å². The fourth-order valence-electron chi connectivity index (χ4n) is 1.64. The summed E-state index contributed by atoms with van der Waals surface area (Å²) in [6.45, 7) is 1.02. The second-order valence-corrected chi connectivity index (χ2v) is 4.19. The molecule has 0 spiro atoms. The number of nitrogens with one attached hydrogen (secondary N) is 1. The molecule has 3 N–H and O–H groups in total. The molecule has 19 heavy (non-hydrogen) atoms. The van der Waals surface area contributed by atoms with Crippen LogP contribution in [0.4, 0.5) is 0 Å². The molecule has 102 valence electrons. The average Bonchev–Trinajstić information content (AvgIpc) is 2.98. The summed E-state index contributed by atoms with van der Waals surface area (Å²) in [5, 5.41) is 14.7. The Hall–Kier alpha value is -2.22. The molecule has 0 atom stereocenters. The molecule has 0 unspecified atom stereocenters. The van der Waals surface area contributed by atoms with Gasteiger partial charge in [0, 0.05) is 32.8 Å². The zero-order valence-electron chi connectivity index (χ0n) is 10.8. The minimum atomic E-state index is -0.107. The molecule has 0 radical (unpaired) electrons. The Bertz CT molecular complexity index is 545. The van der Waals surface area contributed by atoms with Crippen LogP contribution in [0.25, 0.3) is 0 Å². The van der Waals surface area contributed by atoms with Crippen molar-refractivity contribution in [1.82, 2.24) is 30.1 Å². The van der Waals surface area contributed by atoms with E-state index in [1.165, 1.54) is 4.68 Å². The highest BCUT2D eigenvalue weighted by Gasteiger charge is 2.05. The lowest BCUT2D eigenvalue weighted by Crippen LogP contribution is -2.29. The minimum absolute atomic E-state index is 0.107. The zero-order chi connectivity index (χ0) is 13.7. The van der Waals surface area contributed by atoms with Crippen LogP contribution >= 0.6 is 0 Å². The van der Waals surface area contributed by atoms with Gasteiger partial charge in [0.1, 0.15) is 6.54 Å². The lowest BCUT2D eigenvalue weighted by molar-refractivity contribution is -0.121. The molecule has 0 bridgehead atoms. The van der Waals surface area contributed by atoms with Crippen LogP contribution in [-0.2, 0) is 31.4 Å². The molecule has 0 saturated carbocycles. The Kier molecular flexibility index (Phi) is 4.24. The van der Waals surface area contributed by atoms with Gasteiger partial charge in [-0.05, 0) is 6.07 Å². The molecule has 0 aliphatic heterocycles. The molecular formula is C11H17N7O. The van der Waals surface area contributed by atoms with Crippen LogP contribution in [0.1, 0.15) is 11.4 Å². The van der Waals surface area contributed by atoms with Gasteiger partial charge in [0.05, 0.1) is 17.6 Å². The van der Waals surface area contributed by atoms with Gasteiger partial charge >= 0.3 is 0 Å². The Balaban J connectivity index is 1.72. The van der Waals surface area contributed by atoms with Crippen molar-refractivity contribution in [3.63, 3.8) is 0 Å². The van der Waals surface area contributed by atoms with Crippen LogP contribution in [0.5, 0.6) is 0 Å². The third kappa shape index (κ3) is 3.88. The van der Waals surface area contributed by atoms with Crippen molar-refractivity contribution in [3.05, 3.63) is 29.8 Å². The van der Waals surface area contributed by atoms with E-state index >= 15 is 0 Å². The fraction of sp³-hybridized carbons (Fsp3) is 0.455. The summed E-state index contributed by atoms with van der Waals surface area (Å²) in [4.78, 5) is 11.6. The summed E-state index contributed by atoms with van der Waals surface area (Å²) in [7, 11) is 1.86. The summed E-state index contributed by atoms with van der Waals surface area (Å²) in [6.07, 6.45) is 4.25. The Morgan fingerprint density at radius 1 is 1.47 bits per heavy atom. The predicted molar refractivity (Wildman–Crippen MR) is 67.8 cm³/mol. The predicted octanol–water partition coefficient (Wildman–Crippen LogP) is -1.17. The highest BCUT2D eigenvalue weighted by molar-refractivity contribution is 5.75. The molecule has 0 fully saturated rings. The van der Waals surface area contributed by atoms with E-state index < -0.39 is 0 Å². The maximum Gasteiger partial charge on any atom is 0.241 e. The summed E-state index contributed by atoms with van der Waals surface area (Å²) in [6, 6.07) is 1.93. The van der Waals surface area contributed by atoms with Crippen LogP contribution < -0.4 is 11.1 Å². The molecule has 8 heteroatoms. The molecule has 0 aliphatic carbocycles. The van der Waals surface area contributed by atoms with Gasteiger partial charge in [-0.3, -0.25) is 9.48 Å². The first kappa shape index (κ1) is 13.2. The van der Waals surface area contributed by atoms with Crippen LogP contribution in [0.2, 0.25) is 0 Å². The molecule has 1 amide bonds. The second-order valence-electron chi connectivity index (χ2n) is 4.19. The second kappa shape index (κ2) is 6.10. The van der Waals surface area contributed by atoms with E-state index in [0.29, 0.717) is 25.2 Å². The van der Waals surface area contributed by atoms with E-state index in [4.69, 9.17) is 5.73 Å². The van der Waals surface area contributed by atoms with Gasteiger partial charge in [0.25, 0.3) is 0 Å². The zero-order valence-corrected chi connectivity index (χ0v) is 10.8. The summed E-state index contributed by atoms with van der Waals surface area (Å²) in [5.74, 6) is -0.107. The van der Waals surface area contributed by atoms with Gasteiger partial charge in [-0.2, -0.15) is 5.10 Å². The largest absolute Gasteiger partial charge is 0.354 e. The van der Waals surface area contributed by atoms with Gasteiger partial charge in [0.15, 0.2) is 0 Å². The summed E-state index contributed by atoms with van der Waals surface area (Å²) < 4.78 is 3.21. The quantitative estimate of drug-likeness (QED) is 0.683. The number of carbonyl (C=O) groups is 1. The topological polar surface area (TPSA) is 104 Å². The highest BCUT2D eigenvalue weighted by Crippen LogP contribution is 1.94. The van der Waals surface area contributed by atoms with Crippen molar-refractivity contribution in [2.24, 2.45) is 12.8 Å². The SMILES string of the molecule is Cn1ccc(CCNC(=O)Cn2cc(CN)nn2)n1. The first-order valence-electron chi connectivity index (χ1n) is 6.01. The molecule has 0 aromatic carbocycles. The lowest BCUT2D eigenvalue weighted by Gasteiger charge is -2.03. The summed E-state index contributed by atoms with van der Waals surface area (Å²) >= 11 is 0. The normalized spacial score (nSPS) is 10.6. The maximum atomic E-state index is 11.6. The smallest absolute Gasteiger partial charge is 0.241 e. The molecular weight excluding hydrogens is 246 g/mol. The third-order valence-corrected chi connectivity index (χ3v) is 2.57. The number of hydrogen-bond acceptors (Lipinski definition) is 5. The molecule has 2 rings (SSSR count). The number of rotatable bonds is 6. The molecule has 2 aromatic heterocycles. The lowest BCUT2D eigenvalue weighted by atomic mass is 10.3. The number of nitrogens with two attached hydrogens (primary N) is 1. The molecule has 8 nitrogen and oxygen atoms in total.